The smallest absolute Gasteiger partial charge is 0.333 e. The SMILES string of the molecule is COC(=O)C(Cc1ccc(-n2c(=O)n(C)c3ccc(N(C)C)cc32)cc1)NC(c1ccccc1)(c1ccccc1)c1ccccc1. The fourth-order valence-electron chi connectivity index (χ4n) is 6.29. The van der Waals surface area contributed by atoms with Crippen LogP contribution in [0.5, 0.6) is 0 Å². The van der Waals surface area contributed by atoms with Crippen molar-refractivity contribution < 1.29 is 9.53 Å². The van der Waals surface area contributed by atoms with Gasteiger partial charge in [0.1, 0.15) is 6.04 Å². The highest BCUT2D eigenvalue weighted by atomic mass is 16.5. The van der Waals surface area contributed by atoms with Crippen molar-refractivity contribution >= 4 is 22.7 Å². The maximum atomic E-state index is 13.5. The molecule has 46 heavy (non-hydrogen) atoms. The molecular formula is C39H38N4O3. The Labute approximate surface area is 269 Å². The molecule has 1 atom stereocenters. The number of aromatic nitrogens is 2. The Balaban J connectivity index is 1.41. The van der Waals surface area contributed by atoms with Crippen LogP contribution in [0.1, 0.15) is 22.3 Å². The van der Waals surface area contributed by atoms with Crippen LogP contribution in [0.2, 0.25) is 0 Å². The zero-order chi connectivity index (χ0) is 32.3. The molecule has 1 aromatic heterocycles. The minimum atomic E-state index is -0.844. The molecule has 0 fully saturated rings. The number of methoxy groups -OCH3 is 1. The Kier molecular flexibility index (Phi) is 8.59. The quantitative estimate of drug-likeness (QED) is 0.151. The van der Waals surface area contributed by atoms with Gasteiger partial charge in [0.2, 0.25) is 0 Å². The number of fused-ring (bicyclic) bond motifs is 1. The lowest BCUT2D eigenvalue weighted by Gasteiger charge is -2.39. The second-order valence-corrected chi connectivity index (χ2v) is 11.7. The summed E-state index contributed by atoms with van der Waals surface area (Å²) in [5.41, 5.74) is 6.43. The van der Waals surface area contributed by atoms with E-state index in [1.807, 2.05) is 116 Å². The summed E-state index contributed by atoms with van der Waals surface area (Å²) < 4.78 is 8.77. The Morgan fingerprint density at radius 3 is 1.76 bits per heavy atom. The molecule has 1 heterocycles. The maximum Gasteiger partial charge on any atom is 0.333 e. The zero-order valence-corrected chi connectivity index (χ0v) is 26.6. The standard InChI is InChI=1S/C39H38N4O3/c1-41(2)33-24-25-35-36(27-33)43(38(45)42(35)3)32-22-20-28(21-23-32)26-34(37(44)46-4)40-39(29-14-8-5-9-15-29,30-16-10-6-11-17-30)31-18-12-7-13-19-31/h5-25,27,34,40H,26H2,1-4H3. The number of imidazole rings is 1. The van der Waals surface area contributed by atoms with Crippen LogP contribution in [0, 0.1) is 0 Å². The summed E-state index contributed by atoms with van der Waals surface area (Å²) in [6, 6.07) is 43.7. The normalized spacial score (nSPS) is 12.2. The van der Waals surface area contributed by atoms with Crippen LogP contribution >= 0.6 is 0 Å². The number of carbonyl (C=O) groups excluding carboxylic acids is 1. The molecule has 6 aromatic rings. The van der Waals surface area contributed by atoms with Crippen molar-refractivity contribution in [2.75, 3.05) is 26.1 Å². The van der Waals surface area contributed by atoms with E-state index in [0.29, 0.717) is 6.42 Å². The molecule has 5 aromatic carbocycles. The van der Waals surface area contributed by atoms with Gasteiger partial charge in [-0.15, -0.1) is 0 Å². The van der Waals surface area contributed by atoms with Crippen molar-refractivity contribution in [3.8, 4) is 5.69 Å². The van der Waals surface area contributed by atoms with Gasteiger partial charge >= 0.3 is 11.7 Å². The van der Waals surface area contributed by atoms with Gasteiger partial charge in [-0.3, -0.25) is 19.2 Å². The van der Waals surface area contributed by atoms with Crippen LogP contribution in [-0.2, 0) is 28.5 Å². The molecule has 0 radical (unpaired) electrons. The predicted molar refractivity (Wildman–Crippen MR) is 185 cm³/mol. The van der Waals surface area contributed by atoms with Crippen LogP contribution in [0.15, 0.2) is 138 Å². The molecule has 7 heteroatoms. The maximum absolute atomic E-state index is 13.5. The van der Waals surface area contributed by atoms with E-state index < -0.39 is 11.6 Å². The van der Waals surface area contributed by atoms with Gasteiger partial charge in [0.25, 0.3) is 0 Å². The number of hydrogen-bond donors (Lipinski definition) is 1. The van der Waals surface area contributed by atoms with Crippen molar-refractivity contribution in [1.82, 2.24) is 14.5 Å². The number of hydrogen-bond acceptors (Lipinski definition) is 5. The second-order valence-electron chi connectivity index (χ2n) is 11.7. The average Bonchev–Trinajstić information content (AvgIpc) is 3.36. The van der Waals surface area contributed by atoms with Gasteiger partial charge < -0.3 is 9.64 Å². The topological polar surface area (TPSA) is 68.5 Å². The Hall–Kier alpha value is -5.40. The minimum absolute atomic E-state index is 0.119. The molecule has 0 aliphatic carbocycles. The molecule has 232 valence electrons. The first-order valence-electron chi connectivity index (χ1n) is 15.3. The molecule has 0 bridgehead atoms. The van der Waals surface area contributed by atoms with Gasteiger partial charge in [-0.25, -0.2) is 4.79 Å². The fourth-order valence-corrected chi connectivity index (χ4v) is 6.29. The Morgan fingerprint density at radius 1 is 0.761 bits per heavy atom. The van der Waals surface area contributed by atoms with Crippen molar-refractivity contribution in [2.45, 2.75) is 18.0 Å². The predicted octanol–water partition coefficient (Wildman–Crippen LogP) is 6.06. The molecule has 1 unspecified atom stereocenters. The average molecular weight is 611 g/mol. The summed E-state index contributed by atoms with van der Waals surface area (Å²) in [5, 5.41) is 3.78. The van der Waals surface area contributed by atoms with E-state index in [9.17, 15) is 9.59 Å². The number of nitrogens with zero attached hydrogens (tertiary/aromatic N) is 3. The third-order valence-corrected chi connectivity index (χ3v) is 8.69. The third kappa shape index (κ3) is 5.61. The van der Waals surface area contributed by atoms with Gasteiger partial charge in [-0.1, -0.05) is 103 Å². The Morgan fingerprint density at radius 2 is 1.28 bits per heavy atom. The van der Waals surface area contributed by atoms with Gasteiger partial charge in [0, 0.05) is 26.8 Å². The van der Waals surface area contributed by atoms with Crippen LogP contribution in [0.3, 0.4) is 0 Å². The van der Waals surface area contributed by atoms with Crippen LogP contribution < -0.4 is 15.9 Å². The van der Waals surface area contributed by atoms with Gasteiger partial charge in [-0.2, -0.15) is 0 Å². The summed E-state index contributed by atoms with van der Waals surface area (Å²) in [4.78, 5) is 28.9. The van der Waals surface area contributed by atoms with E-state index >= 15 is 0 Å². The van der Waals surface area contributed by atoms with E-state index in [1.54, 1.807) is 16.2 Å². The molecule has 0 saturated carbocycles. The highest BCUT2D eigenvalue weighted by molar-refractivity contribution is 5.82. The number of carbonyl (C=O) groups is 1. The summed E-state index contributed by atoms with van der Waals surface area (Å²) in [6.45, 7) is 0. The van der Waals surface area contributed by atoms with Crippen LogP contribution in [-0.4, -0.2) is 42.4 Å². The molecule has 0 amide bonds. The first-order chi connectivity index (χ1) is 22.3. The molecular weight excluding hydrogens is 572 g/mol. The lowest BCUT2D eigenvalue weighted by Crippen LogP contribution is -2.53. The van der Waals surface area contributed by atoms with Crippen molar-refractivity contribution in [3.05, 3.63) is 166 Å². The summed E-state index contributed by atoms with van der Waals surface area (Å²) in [5.74, 6) is -0.363. The minimum Gasteiger partial charge on any atom is -0.468 e. The summed E-state index contributed by atoms with van der Waals surface area (Å²) >= 11 is 0. The Bertz CT molecular complexity index is 1900. The van der Waals surface area contributed by atoms with Crippen LogP contribution in [0.4, 0.5) is 5.69 Å². The lowest BCUT2D eigenvalue weighted by atomic mass is 9.76. The molecule has 1 N–H and O–H groups in total. The third-order valence-electron chi connectivity index (χ3n) is 8.69. The number of ether oxygens (including phenoxy) is 1. The second kappa shape index (κ2) is 12.9. The molecule has 7 nitrogen and oxygen atoms in total. The number of anilines is 1. The number of esters is 1. The number of aryl methyl sites for hydroxylation is 1. The zero-order valence-electron chi connectivity index (χ0n) is 26.6. The van der Waals surface area contributed by atoms with Crippen molar-refractivity contribution in [2.24, 2.45) is 7.05 Å². The first kappa shape index (κ1) is 30.6. The monoisotopic (exact) mass is 610 g/mol. The highest BCUT2D eigenvalue weighted by Crippen LogP contribution is 2.37. The van der Waals surface area contributed by atoms with E-state index in [4.69, 9.17) is 4.74 Å². The molecule has 0 spiro atoms. The molecule has 0 aliphatic heterocycles. The largest absolute Gasteiger partial charge is 0.468 e. The number of nitrogens with one attached hydrogen (secondary N) is 1. The lowest BCUT2D eigenvalue weighted by molar-refractivity contribution is -0.143. The first-order valence-corrected chi connectivity index (χ1v) is 15.3. The highest BCUT2D eigenvalue weighted by Gasteiger charge is 2.40. The van der Waals surface area contributed by atoms with E-state index in [-0.39, 0.29) is 11.7 Å². The van der Waals surface area contributed by atoms with Gasteiger partial charge in [0.05, 0.1) is 29.4 Å². The van der Waals surface area contributed by atoms with Gasteiger partial charge in [-0.05, 0) is 59.0 Å². The number of benzene rings is 5. The van der Waals surface area contributed by atoms with Crippen molar-refractivity contribution in [3.63, 3.8) is 0 Å². The van der Waals surface area contributed by atoms with Crippen molar-refractivity contribution in [1.29, 1.82) is 0 Å². The molecule has 6 rings (SSSR count). The number of rotatable bonds is 10. The van der Waals surface area contributed by atoms with Crippen LogP contribution in [0.25, 0.3) is 16.7 Å². The molecule has 0 saturated heterocycles. The van der Waals surface area contributed by atoms with E-state index in [2.05, 4.69) is 41.7 Å². The van der Waals surface area contributed by atoms with E-state index in [0.717, 1.165) is 44.7 Å². The fraction of sp³-hybridized carbons (Fsp3) is 0.179. The summed E-state index contributed by atoms with van der Waals surface area (Å²) in [6.07, 6.45) is 0.371. The van der Waals surface area contributed by atoms with Gasteiger partial charge in [0.15, 0.2) is 0 Å². The molecule has 0 aliphatic rings. The summed E-state index contributed by atoms with van der Waals surface area (Å²) in [7, 11) is 7.17. The van der Waals surface area contributed by atoms with E-state index in [1.165, 1.54) is 7.11 Å².